The molecule has 0 bridgehead atoms. The number of nitrogens with one attached hydrogen (secondary N) is 1. The van der Waals surface area contributed by atoms with Gasteiger partial charge in [0.05, 0.1) is 0 Å². The van der Waals surface area contributed by atoms with Gasteiger partial charge in [-0.2, -0.15) is 0 Å². The number of hydrogen-bond acceptors (Lipinski definition) is 4. The van der Waals surface area contributed by atoms with E-state index in [1.807, 2.05) is 6.07 Å². The Morgan fingerprint density at radius 2 is 2.12 bits per heavy atom. The van der Waals surface area contributed by atoms with Crippen molar-refractivity contribution in [3.05, 3.63) is 58.4 Å². The molecule has 4 rings (SSSR count). The van der Waals surface area contributed by atoms with Crippen LogP contribution in [0, 0.1) is 0 Å². The standard InChI is InChI=1S/C20H22N4O2/c1-24(15-5-6-15)20(26)18-11-13(19(21)25)10-14(23-18)9-12-3-2-4-17-16(12)7-8-22-17/h2-4,10-11,15,22H,5-9H2,1H3,(H2,21,25). The van der Waals surface area contributed by atoms with Crippen LogP contribution in [0.2, 0.25) is 0 Å². The van der Waals surface area contributed by atoms with Gasteiger partial charge in [0, 0.05) is 43.0 Å². The molecule has 0 unspecified atom stereocenters. The monoisotopic (exact) mass is 350 g/mol. The lowest BCUT2D eigenvalue weighted by Crippen LogP contribution is -2.30. The molecular weight excluding hydrogens is 328 g/mol. The third-order valence-electron chi connectivity index (χ3n) is 5.13. The summed E-state index contributed by atoms with van der Waals surface area (Å²) in [6.07, 6.45) is 3.58. The normalized spacial score (nSPS) is 15.3. The number of pyridine rings is 1. The molecule has 1 aliphatic heterocycles. The first kappa shape index (κ1) is 16.6. The van der Waals surface area contributed by atoms with Gasteiger partial charge in [0.1, 0.15) is 5.69 Å². The van der Waals surface area contributed by atoms with Crippen molar-refractivity contribution in [3.63, 3.8) is 0 Å². The van der Waals surface area contributed by atoms with Crippen molar-refractivity contribution < 1.29 is 9.59 Å². The van der Waals surface area contributed by atoms with Gasteiger partial charge in [-0.25, -0.2) is 4.98 Å². The van der Waals surface area contributed by atoms with E-state index < -0.39 is 5.91 Å². The second kappa shape index (κ2) is 6.44. The zero-order valence-electron chi connectivity index (χ0n) is 14.8. The van der Waals surface area contributed by atoms with Crippen LogP contribution in [0.25, 0.3) is 0 Å². The van der Waals surface area contributed by atoms with Gasteiger partial charge in [-0.15, -0.1) is 0 Å². The Morgan fingerprint density at radius 1 is 1.31 bits per heavy atom. The van der Waals surface area contributed by atoms with Crippen LogP contribution in [0.4, 0.5) is 5.69 Å². The van der Waals surface area contributed by atoms with E-state index in [1.165, 1.54) is 11.6 Å². The van der Waals surface area contributed by atoms with Crippen LogP contribution in [0.15, 0.2) is 30.3 Å². The van der Waals surface area contributed by atoms with Crippen molar-refractivity contribution in [1.82, 2.24) is 9.88 Å². The second-order valence-corrected chi connectivity index (χ2v) is 7.04. The maximum Gasteiger partial charge on any atom is 0.272 e. The third-order valence-corrected chi connectivity index (χ3v) is 5.13. The van der Waals surface area contributed by atoms with Gasteiger partial charge in [-0.3, -0.25) is 9.59 Å². The molecule has 2 aromatic rings. The minimum absolute atomic E-state index is 0.156. The van der Waals surface area contributed by atoms with Crippen molar-refractivity contribution in [2.24, 2.45) is 5.73 Å². The van der Waals surface area contributed by atoms with E-state index in [4.69, 9.17) is 5.73 Å². The first-order valence-corrected chi connectivity index (χ1v) is 8.95. The van der Waals surface area contributed by atoms with Crippen molar-refractivity contribution in [2.75, 3.05) is 18.9 Å². The van der Waals surface area contributed by atoms with Crippen LogP contribution < -0.4 is 11.1 Å². The number of nitrogens with two attached hydrogens (primary N) is 1. The molecule has 2 aliphatic rings. The molecule has 1 aliphatic carbocycles. The van der Waals surface area contributed by atoms with Crippen molar-refractivity contribution >= 4 is 17.5 Å². The highest BCUT2D eigenvalue weighted by Crippen LogP contribution is 2.28. The van der Waals surface area contributed by atoms with Crippen LogP contribution in [0.3, 0.4) is 0 Å². The Bertz CT molecular complexity index is 889. The number of nitrogens with zero attached hydrogens (tertiary/aromatic N) is 2. The highest BCUT2D eigenvalue weighted by Gasteiger charge is 2.31. The fourth-order valence-corrected chi connectivity index (χ4v) is 3.52. The molecule has 0 saturated heterocycles. The average molecular weight is 350 g/mol. The SMILES string of the molecule is CN(C(=O)c1cc(C(N)=O)cc(Cc2cccc3c2CCN3)n1)C1CC1. The number of carbonyl (C=O) groups excluding carboxylic acids is 2. The number of fused-ring (bicyclic) bond motifs is 1. The molecule has 6 nitrogen and oxygen atoms in total. The number of anilines is 1. The smallest absolute Gasteiger partial charge is 0.272 e. The van der Waals surface area contributed by atoms with Crippen LogP contribution in [0.5, 0.6) is 0 Å². The molecule has 1 aromatic heterocycles. The summed E-state index contributed by atoms with van der Waals surface area (Å²) in [4.78, 5) is 30.7. The fourth-order valence-electron chi connectivity index (χ4n) is 3.52. The minimum Gasteiger partial charge on any atom is -0.384 e. The van der Waals surface area contributed by atoms with Gasteiger partial charge in [-0.1, -0.05) is 12.1 Å². The van der Waals surface area contributed by atoms with E-state index in [0.717, 1.165) is 37.1 Å². The molecule has 1 saturated carbocycles. The van der Waals surface area contributed by atoms with Gasteiger partial charge in [0.15, 0.2) is 0 Å². The van der Waals surface area contributed by atoms with E-state index in [9.17, 15) is 9.59 Å². The molecule has 3 N–H and O–H groups in total. The van der Waals surface area contributed by atoms with Gasteiger partial charge < -0.3 is 16.0 Å². The largest absolute Gasteiger partial charge is 0.384 e. The Labute approximate surface area is 152 Å². The summed E-state index contributed by atoms with van der Waals surface area (Å²) in [6.45, 7) is 0.928. The molecule has 2 amide bonds. The summed E-state index contributed by atoms with van der Waals surface area (Å²) in [7, 11) is 1.79. The van der Waals surface area contributed by atoms with Gasteiger partial charge in [-0.05, 0) is 48.6 Å². The molecule has 6 heteroatoms. The molecule has 26 heavy (non-hydrogen) atoms. The van der Waals surface area contributed by atoms with Crippen LogP contribution in [-0.2, 0) is 12.8 Å². The van der Waals surface area contributed by atoms with E-state index in [2.05, 4.69) is 22.4 Å². The van der Waals surface area contributed by atoms with E-state index >= 15 is 0 Å². The van der Waals surface area contributed by atoms with Crippen LogP contribution in [-0.4, -0.2) is 41.3 Å². The van der Waals surface area contributed by atoms with Gasteiger partial charge >= 0.3 is 0 Å². The zero-order chi connectivity index (χ0) is 18.3. The molecule has 0 atom stereocenters. The molecular formula is C20H22N4O2. The first-order chi connectivity index (χ1) is 12.5. The average Bonchev–Trinajstić information content (AvgIpc) is 3.37. The molecule has 0 radical (unpaired) electrons. The van der Waals surface area contributed by atoms with E-state index in [-0.39, 0.29) is 17.6 Å². The van der Waals surface area contributed by atoms with E-state index in [1.54, 1.807) is 18.0 Å². The van der Waals surface area contributed by atoms with Crippen molar-refractivity contribution in [1.29, 1.82) is 0 Å². The number of primary amides is 1. The number of aromatic nitrogens is 1. The molecule has 0 spiro atoms. The zero-order valence-corrected chi connectivity index (χ0v) is 14.8. The number of rotatable bonds is 5. The predicted octanol–water partition coefficient (Wildman–Crippen LogP) is 1.97. The number of benzene rings is 1. The number of carbonyl (C=O) groups is 2. The summed E-state index contributed by atoms with van der Waals surface area (Å²) in [5.74, 6) is -0.700. The van der Waals surface area contributed by atoms with Crippen molar-refractivity contribution in [3.8, 4) is 0 Å². The number of amides is 2. The maximum absolute atomic E-state index is 12.7. The summed E-state index contributed by atoms with van der Waals surface area (Å²) in [5.41, 5.74) is 10.4. The molecule has 1 fully saturated rings. The van der Waals surface area contributed by atoms with Crippen molar-refractivity contribution in [2.45, 2.75) is 31.7 Å². The summed E-state index contributed by atoms with van der Waals surface area (Å²) < 4.78 is 0. The lowest BCUT2D eigenvalue weighted by Gasteiger charge is -2.17. The predicted molar refractivity (Wildman–Crippen MR) is 99.3 cm³/mol. The first-order valence-electron chi connectivity index (χ1n) is 8.95. The highest BCUT2D eigenvalue weighted by molar-refractivity contribution is 5.98. The lowest BCUT2D eigenvalue weighted by atomic mass is 9.99. The maximum atomic E-state index is 12.7. The van der Waals surface area contributed by atoms with E-state index in [0.29, 0.717) is 17.7 Å². The lowest BCUT2D eigenvalue weighted by molar-refractivity contribution is 0.0779. The topological polar surface area (TPSA) is 88.3 Å². The van der Waals surface area contributed by atoms with Crippen LogP contribution in [0.1, 0.15) is 50.5 Å². The summed E-state index contributed by atoms with van der Waals surface area (Å²) in [5, 5.41) is 3.36. The third kappa shape index (κ3) is 3.14. The fraction of sp³-hybridized carbons (Fsp3) is 0.350. The summed E-state index contributed by atoms with van der Waals surface area (Å²) in [6, 6.07) is 9.63. The van der Waals surface area contributed by atoms with Gasteiger partial charge in [0.25, 0.3) is 5.91 Å². The Kier molecular flexibility index (Phi) is 4.11. The Balaban J connectivity index is 1.68. The summed E-state index contributed by atoms with van der Waals surface area (Å²) >= 11 is 0. The minimum atomic E-state index is -0.545. The molecule has 134 valence electrons. The highest BCUT2D eigenvalue weighted by atomic mass is 16.2. The molecule has 1 aromatic carbocycles. The quantitative estimate of drug-likeness (QED) is 0.863. The number of hydrogen-bond donors (Lipinski definition) is 2. The van der Waals surface area contributed by atoms with Gasteiger partial charge in [0.2, 0.25) is 5.91 Å². The van der Waals surface area contributed by atoms with Crippen LogP contribution >= 0.6 is 0 Å². The second-order valence-electron chi connectivity index (χ2n) is 7.04. The molecule has 2 heterocycles. The Hall–Kier alpha value is -2.89. The Morgan fingerprint density at radius 3 is 2.85 bits per heavy atom.